The minimum absolute atomic E-state index is 0.0531. The van der Waals surface area contributed by atoms with E-state index in [-0.39, 0.29) is 25.2 Å². The van der Waals surface area contributed by atoms with Gasteiger partial charge in [-0.05, 0) is 26.0 Å². The molecule has 1 saturated carbocycles. The number of esters is 1. The highest BCUT2D eigenvalue weighted by Crippen LogP contribution is 2.45. The van der Waals surface area contributed by atoms with E-state index >= 15 is 0 Å². The summed E-state index contributed by atoms with van der Waals surface area (Å²) in [7, 11) is 2.72. The van der Waals surface area contributed by atoms with Crippen LogP contribution in [0, 0.1) is 0 Å². The molecule has 1 heterocycles. The number of carbonyl (C=O) groups is 2. The zero-order chi connectivity index (χ0) is 19.0. The lowest BCUT2D eigenvalue weighted by Crippen LogP contribution is -2.63. The lowest BCUT2D eigenvalue weighted by atomic mass is 9.78. The van der Waals surface area contributed by atoms with Crippen LogP contribution in [0.4, 0.5) is 0 Å². The normalized spacial score (nSPS) is 29.7. The lowest BCUT2D eigenvalue weighted by Gasteiger charge is -2.45. The van der Waals surface area contributed by atoms with Crippen LogP contribution in [-0.4, -0.2) is 55.9 Å². The van der Waals surface area contributed by atoms with Crippen LogP contribution in [-0.2, 0) is 28.5 Å². The van der Waals surface area contributed by atoms with E-state index in [1.807, 2.05) is 0 Å². The molecule has 1 aromatic carbocycles. The minimum atomic E-state index is -1.66. The van der Waals surface area contributed by atoms with Crippen LogP contribution >= 0.6 is 0 Å². The van der Waals surface area contributed by atoms with Crippen molar-refractivity contribution in [3.8, 4) is 0 Å². The monoisotopic (exact) mass is 364 g/mol. The first-order valence-corrected chi connectivity index (χ1v) is 8.50. The molecule has 1 aliphatic carbocycles. The molecule has 1 saturated heterocycles. The Morgan fingerprint density at radius 2 is 1.81 bits per heavy atom. The molecule has 0 aromatic heterocycles. The highest BCUT2D eigenvalue weighted by atomic mass is 16.8. The summed E-state index contributed by atoms with van der Waals surface area (Å²) in [6.07, 6.45) is -0.691. The van der Waals surface area contributed by atoms with Gasteiger partial charge in [-0.15, -0.1) is 0 Å². The number of hydrogen-bond acceptors (Lipinski definition) is 7. The van der Waals surface area contributed by atoms with Gasteiger partial charge in [0.1, 0.15) is 5.60 Å². The maximum atomic E-state index is 12.9. The average Bonchev–Trinajstić information content (AvgIpc) is 2.90. The van der Waals surface area contributed by atoms with Crippen LogP contribution in [0.2, 0.25) is 0 Å². The van der Waals surface area contributed by atoms with Crippen molar-refractivity contribution in [2.24, 2.45) is 0 Å². The largest absolute Gasteiger partial charge is 0.452 e. The van der Waals surface area contributed by atoms with Gasteiger partial charge in [-0.1, -0.05) is 18.2 Å². The van der Waals surface area contributed by atoms with E-state index in [0.717, 1.165) is 0 Å². The van der Waals surface area contributed by atoms with Crippen molar-refractivity contribution in [3.63, 3.8) is 0 Å². The molecule has 0 unspecified atom stereocenters. The standard InChI is InChI=1S/C19H24O7/c1-17(2)24-12-18(26-17)10-14(20)19(22-3,23-4)15(11-18)25-16(21)13-8-6-5-7-9-13/h5-9,15H,10-12H2,1-4H3/t15-,18+/m1/s1. The van der Waals surface area contributed by atoms with Crippen molar-refractivity contribution < 1.29 is 33.3 Å². The quantitative estimate of drug-likeness (QED) is 0.598. The van der Waals surface area contributed by atoms with Gasteiger partial charge in [-0.3, -0.25) is 4.79 Å². The summed E-state index contributed by atoms with van der Waals surface area (Å²) in [4.78, 5) is 25.5. The molecule has 7 heteroatoms. The van der Waals surface area contributed by atoms with E-state index < -0.39 is 29.2 Å². The number of rotatable bonds is 4. The number of carbonyl (C=O) groups excluding carboxylic acids is 2. The van der Waals surface area contributed by atoms with Gasteiger partial charge in [0.25, 0.3) is 5.79 Å². The van der Waals surface area contributed by atoms with Gasteiger partial charge in [-0.2, -0.15) is 0 Å². The molecule has 1 spiro atoms. The molecule has 1 aliphatic heterocycles. The fourth-order valence-corrected chi connectivity index (χ4v) is 3.68. The first-order valence-electron chi connectivity index (χ1n) is 8.50. The fraction of sp³-hybridized carbons (Fsp3) is 0.579. The topological polar surface area (TPSA) is 80.3 Å². The van der Waals surface area contributed by atoms with Crippen molar-refractivity contribution in [3.05, 3.63) is 35.9 Å². The number of benzene rings is 1. The predicted octanol–water partition coefficient (Wildman–Crippen LogP) is 2.09. The highest BCUT2D eigenvalue weighted by molar-refractivity contribution is 5.92. The Morgan fingerprint density at radius 1 is 1.15 bits per heavy atom. The maximum Gasteiger partial charge on any atom is 0.338 e. The molecular formula is C19H24O7. The second-order valence-corrected chi connectivity index (χ2v) is 7.11. The Labute approximate surface area is 152 Å². The molecule has 7 nitrogen and oxygen atoms in total. The van der Waals surface area contributed by atoms with Crippen molar-refractivity contribution >= 4 is 11.8 Å². The van der Waals surface area contributed by atoms with Crippen molar-refractivity contribution in [1.82, 2.24) is 0 Å². The van der Waals surface area contributed by atoms with Crippen molar-refractivity contribution in [2.45, 2.75) is 50.0 Å². The molecule has 0 radical (unpaired) electrons. The molecule has 1 aromatic rings. The summed E-state index contributed by atoms with van der Waals surface area (Å²) in [5.41, 5.74) is -0.493. The van der Waals surface area contributed by atoms with E-state index in [9.17, 15) is 9.59 Å². The molecule has 0 bridgehead atoms. The van der Waals surface area contributed by atoms with E-state index in [0.29, 0.717) is 5.56 Å². The Bertz CT molecular complexity index is 680. The van der Waals surface area contributed by atoms with E-state index in [1.165, 1.54) is 14.2 Å². The summed E-state index contributed by atoms with van der Waals surface area (Å²) >= 11 is 0. The molecule has 2 atom stereocenters. The van der Waals surface area contributed by atoms with Crippen molar-refractivity contribution in [1.29, 1.82) is 0 Å². The number of ether oxygens (including phenoxy) is 5. The third kappa shape index (κ3) is 3.27. The number of hydrogen-bond donors (Lipinski definition) is 0. The zero-order valence-corrected chi connectivity index (χ0v) is 15.4. The van der Waals surface area contributed by atoms with Crippen LogP contribution in [0.3, 0.4) is 0 Å². The first-order chi connectivity index (χ1) is 12.3. The van der Waals surface area contributed by atoms with Gasteiger partial charge in [0.05, 0.1) is 12.2 Å². The van der Waals surface area contributed by atoms with Gasteiger partial charge in [0.2, 0.25) is 0 Å². The maximum absolute atomic E-state index is 12.9. The van der Waals surface area contributed by atoms with E-state index in [1.54, 1.807) is 44.2 Å². The molecule has 0 N–H and O–H groups in total. The third-order valence-electron chi connectivity index (χ3n) is 4.86. The SMILES string of the molecule is COC1(OC)C(=O)C[C@@]2(COC(C)(C)O2)C[C@H]1OC(=O)c1ccccc1. The molecule has 2 aliphatic rings. The summed E-state index contributed by atoms with van der Waals surface area (Å²) in [6, 6.07) is 8.56. The number of Topliss-reactive ketones (excluding diaryl/α,β-unsaturated/α-hetero) is 1. The fourth-order valence-electron chi connectivity index (χ4n) is 3.68. The van der Waals surface area contributed by atoms with Gasteiger partial charge in [-0.25, -0.2) is 4.79 Å². The summed E-state index contributed by atoms with van der Waals surface area (Å²) in [6.45, 7) is 3.80. The van der Waals surface area contributed by atoms with Crippen LogP contribution in [0.15, 0.2) is 30.3 Å². The van der Waals surface area contributed by atoms with Crippen LogP contribution in [0.5, 0.6) is 0 Å². The second-order valence-electron chi connectivity index (χ2n) is 7.11. The molecular weight excluding hydrogens is 340 g/mol. The minimum Gasteiger partial charge on any atom is -0.452 e. The molecule has 142 valence electrons. The second kappa shape index (κ2) is 6.74. The van der Waals surface area contributed by atoms with Gasteiger partial charge >= 0.3 is 5.97 Å². The molecule has 3 rings (SSSR count). The Balaban J connectivity index is 1.89. The number of ketones is 1. The highest BCUT2D eigenvalue weighted by Gasteiger charge is 2.62. The molecule has 26 heavy (non-hydrogen) atoms. The first kappa shape index (κ1) is 19.0. The van der Waals surface area contributed by atoms with E-state index in [4.69, 9.17) is 23.7 Å². The molecule has 2 fully saturated rings. The summed E-state index contributed by atoms with van der Waals surface area (Å²) in [5, 5.41) is 0. The smallest absolute Gasteiger partial charge is 0.338 e. The molecule has 0 amide bonds. The van der Waals surface area contributed by atoms with Crippen LogP contribution in [0.1, 0.15) is 37.0 Å². The van der Waals surface area contributed by atoms with Gasteiger partial charge < -0.3 is 23.7 Å². The van der Waals surface area contributed by atoms with Gasteiger partial charge in [0, 0.05) is 27.1 Å². The van der Waals surface area contributed by atoms with Crippen LogP contribution < -0.4 is 0 Å². The average molecular weight is 364 g/mol. The lowest BCUT2D eigenvalue weighted by molar-refractivity contribution is -0.270. The summed E-state index contributed by atoms with van der Waals surface area (Å²) < 4.78 is 28.1. The van der Waals surface area contributed by atoms with E-state index in [2.05, 4.69) is 0 Å². The van der Waals surface area contributed by atoms with Crippen LogP contribution in [0.25, 0.3) is 0 Å². The van der Waals surface area contributed by atoms with Gasteiger partial charge in [0.15, 0.2) is 17.7 Å². The summed E-state index contributed by atoms with van der Waals surface area (Å²) in [5.74, 6) is -3.38. The number of methoxy groups -OCH3 is 2. The Kier molecular flexibility index (Phi) is 4.92. The Hall–Kier alpha value is -1.80. The third-order valence-corrected chi connectivity index (χ3v) is 4.86. The predicted molar refractivity (Wildman–Crippen MR) is 90.5 cm³/mol. The van der Waals surface area contributed by atoms with Crippen molar-refractivity contribution in [2.75, 3.05) is 20.8 Å². The zero-order valence-electron chi connectivity index (χ0n) is 15.4. The Morgan fingerprint density at radius 3 is 2.35 bits per heavy atom.